The lowest BCUT2D eigenvalue weighted by molar-refractivity contribution is 0.318. The van der Waals surface area contributed by atoms with Crippen molar-refractivity contribution < 1.29 is 0 Å². The highest BCUT2D eigenvalue weighted by molar-refractivity contribution is 7.61. The first kappa shape index (κ1) is 12.8. The summed E-state index contributed by atoms with van der Waals surface area (Å²) in [5.41, 5.74) is 1.48. The molecule has 1 saturated carbocycles. The molecule has 0 aromatic heterocycles. The Kier molecular flexibility index (Phi) is 4.80. The van der Waals surface area contributed by atoms with E-state index in [2.05, 4.69) is 43.8 Å². The molecule has 17 heavy (non-hydrogen) atoms. The third-order valence-electron chi connectivity index (χ3n) is 3.79. The van der Waals surface area contributed by atoms with Gasteiger partial charge in [0, 0.05) is 0 Å². The summed E-state index contributed by atoms with van der Waals surface area (Å²) in [5.74, 6) is 0.967. The van der Waals surface area contributed by atoms with Crippen molar-refractivity contribution in [3.05, 3.63) is 47.8 Å². The van der Waals surface area contributed by atoms with Crippen LogP contribution in [0, 0.1) is 5.92 Å². The summed E-state index contributed by atoms with van der Waals surface area (Å²) in [7, 11) is 0.00528. The van der Waals surface area contributed by atoms with Crippen LogP contribution >= 0.6 is 7.92 Å². The Morgan fingerprint density at radius 1 is 1.29 bits per heavy atom. The summed E-state index contributed by atoms with van der Waals surface area (Å²) >= 11 is 0. The Morgan fingerprint density at radius 3 is 2.53 bits per heavy atom. The topological polar surface area (TPSA) is 0 Å². The molecule has 0 aliphatic heterocycles. The molecule has 0 amide bonds. The molecule has 0 heterocycles. The van der Waals surface area contributed by atoms with Crippen molar-refractivity contribution >= 4 is 7.92 Å². The lowest BCUT2D eigenvalue weighted by atomic mass is 9.83. The summed E-state index contributed by atoms with van der Waals surface area (Å²) in [6.07, 6.45) is 8.15. The van der Waals surface area contributed by atoms with Crippen molar-refractivity contribution in [3.63, 3.8) is 0 Å². The van der Waals surface area contributed by atoms with Gasteiger partial charge in [-0.05, 0) is 30.2 Å². The predicted octanol–water partition coefficient (Wildman–Crippen LogP) is 5.39. The maximum Gasteiger partial charge on any atom is -0.00362 e. The Balaban J connectivity index is 1.89. The van der Waals surface area contributed by atoms with E-state index >= 15 is 0 Å². The molecular weight excluding hydrogens is 223 g/mol. The highest BCUT2D eigenvalue weighted by atomic mass is 31.1. The van der Waals surface area contributed by atoms with E-state index in [4.69, 9.17) is 0 Å². The summed E-state index contributed by atoms with van der Waals surface area (Å²) in [6.45, 7) is 6.69. The van der Waals surface area contributed by atoms with Gasteiger partial charge in [-0.3, -0.25) is 0 Å². The van der Waals surface area contributed by atoms with Crippen molar-refractivity contribution in [2.75, 3.05) is 6.16 Å². The quantitative estimate of drug-likeness (QED) is 0.590. The molecule has 1 aromatic rings. The summed E-state index contributed by atoms with van der Waals surface area (Å²) in [4.78, 5) is 0. The zero-order valence-electron chi connectivity index (χ0n) is 10.9. The molecule has 1 fully saturated rings. The van der Waals surface area contributed by atoms with Crippen LogP contribution in [0.2, 0.25) is 0 Å². The zero-order chi connectivity index (χ0) is 12.1. The van der Waals surface area contributed by atoms with Gasteiger partial charge in [-0.25, -0.2) is 0 Å². The molecule has 0 N–H and O–H groups in total. The molecule has 0 nitrogen and oxygen atoms in total. The van der Waals surface area contributed by atoms with Gasteiger partial charge in [0.05, 0.1) is 0 Å². The van der Waals surface area contributed by atoms with Crippen molar-refractivity contribution in [2.24, 2.45) is 5.92 Å². The Labute approximate surface area is 107 Å². The Bertz CT molecular complexity index is 351. The van der Waals surface area contributed by atoms with E-state index in [1.165, 1.54) is 43.6 Å². The number of hydrogen-bond donors (Lipinski definition) is 0. The maximum atomic E-state index is 4.37. The molecular formula is C16H23P. The smallest absolute Gasteiger partial charge is 0.00362 e. The van der Waals surface area contributed by atoms with Crippen LogP contribution in [0.4, 0.5) is 0 Å². The van der Waals surface area contributed by atoms with Crippen LogP contribution in [0.5, 0.6) is 0 Å². The number of allylic oxidation sites excluding steroid dienone is 1. The zero-order valence-corrected chi connectivity index (χ0v) is 11.8. The van der Waals surface area contributed by atoms with Crippen molar-refractivity contribution in [2.45, 2.75) is 38.8 Å². The molecule has 1 aliphatic carbocycles. The van der Waals surface area contributed by atoms with Gasteiger partial charge in [0.15, 0.2) is 0 Å². The molecule has 0 spiro atoms. The molecule has 0 saturated heterocycles. The van der Waals surface area contributed by atoms with E-state index in [0.29, 0.717) is 0 Å². The highest BCUT2D eigenvalue weighted by Crippen LogP contribution is 2.50. The van der Waals surface area contributed by atoms with Gasteiger partial charge in [-0.15, -0.1) is 0 Å². The van der Waals surface area contributed by atoms with Crippen LogP contribution in [0.1, 0.15) is 38.2 Å². The molecule has 1 aliphatic rings. The number of hydrogen-bond acceptors (Lipinski definition) is 0. The SMILES string of the molecule is C=C(CC1CCC1)P(CC)Cc1ccccc1. The molecule has 1 aromatic carbocycles. The van der Waals surface area contributed by atoms with E-state index in [1.807, 2.05) is 0 Å². The van der Waals surface area contributed by atoms with E-state index in [1.54, 1.807) is 5.31 Å². The van der Waals surface area contributed by atoms with Gasteiger partial charge in [-0.2, -0.15) is 0 Å². The standard InChI is InChI=1S/C16H23P/c1-3-17(13-16-8-5-4-6-9-16)14(2)12-15-10-7-11-15/h4-6,8-9,15H,2-3,7,10-13H2,1H3. The van der Waals surface area contributed by atoms with Gasteiger partial charge < -0.3 is 0 Å². The normalized spacial score (nSPS) is 17.5. The second kappa shape index (κ2) is 6.36. The second-order valence-corrected chi connectivity index (χ2v) is 7.73. The lowest BCUT2D eigenvalue weighted by Gasteiger charge is -2.29. The molecule has 0 radical (unpaired) electrons. The van der Waals surface area contributed by atoms with Crippen LogP contribution in [0.25, 0.3) is 0 Å². The summed E-state index contributed by atoms with van der Waals surface area (Å²) in [6, 6.07) is 10.9. The highest BCUT2D eigenvalue weighted by Gasteiger charge is 2.21. The van der Waals surface area contributed by atoms with Crippen molar-refractivity contribution in [1.82, 2.24) is 0 Å². The first-order chi connectivity index (χ1) is 8.29. The van der Waals surface area contributed by atoms with Gasteiger partial charge >= 0.3 is 0 Å². The minimum absolute atomic E-state index is 0.00528. The van der Waals surface area contributed by atoms with Crippen LogP contribution in [0.15, 0.2) is 42.2 Å². The Morgan fingerprint density at radius 2 is 2.00 bits per heavy atom. The van der Waals surface area contributed by atoms with Gasteiger partial charge in [0.25, 0.3) is 0 Å². The van der Waals surface area contributed by atoms with Gasteiger partial charge in [-0.1, -0.05) is 76.3 Å². The first-order valence-corrected chi connectivity index (χ1v) is 8.47. The third-order valence-corrected chi connectivity index (χ3v) is 6.38. The van der Waals surface area contributed by atoms with E-state index < -0.39 is 0 Å². The number of benzene rings is 1. The average molecular weight is 246 g/mol. The first-order valence-electron chi connectivity index (χ1n) is 6.76. The molecule has 92 valence electrons. The summed E-state index contributed by atoms with van der Waals surface area (Å²) < 4.78 is 0. The van der Waals surface area contributed by atoms with Gasteiger partial charge in [0.2, 0.25) is 0 Å². The van der Waals surface area contributed by atoms with Crippen LogP contribution < -0.4 is 0 Å². The van der Waals surface area contributed by atoms with E-state index in [-0.39, 0.29) is 7.92 Å². The second-order valence-electron chi connectivity index (χ2n) is 5.07. The predicted molar refractivity (Wildman–Crippen MR) is 78.7 cm³/mol. The van der Waals surface area contributed by atoms with Crippen molar-refractivity contribution in [1.29, 1.82) is 0 Å². The minimum Gasteiger partial charge on any atom is -0.0953 e. The van der Waals surface area contributed by atoms with Crippen LogP contribution in [0.3, 0.4) is 0 Å². The van der Waals surface area contributed by atoms with E-state index in [9.17, 15) is 0 Å². The molecule has 0 bridgehead atoms. The van der Waals surface area contributed by atoms with Gasteiger partial charge in [0.1, 0.15) is 0 Å². The van der Waals surface area contributed by atoms with E-state index in [0.717, 1.165) is 5.92 Å². The van der Waals surface area contributed by atoms with Crippen LogP contribution in [-0.2, 0) is 6.16 Å². The summed E-state index contributed by atoms with van der Waals surface area (Å²) in [5, 5.41) is 1.55. The maximum absolute atomic E-state index is 4.37. The fourth-order valence-corrected chi connectivity index (χ4v) is 4.47. The third kappa shape index (κ3) is 3.68. The molecule has 1 heteroatoms. The monoisotopic (exact) mass is 246 g/mol. The average Bonchev–Trinajstić information content (AvgIpc) is 2.32. The minimum atomic E-state index is 0.00528. The van der Waals surface area contributed by atoms with Crippen molar-refractivity contribution in [3.8, 4) is 0 Å². The Hall–Kier alpha value is -0.610. The largest absolute Gasteiger partial charge is 0.0953 e. The fraction of sp³-hybridized carbons (Fsp3) is 0.500. The van der Waals surface area contributed by atoms with Crippen LogP contribution in [-0.4, -0.2) is 6.16 Å². The molecule has 1 atom stereocenters. The molecule has 1 unspecified atom stereocenters. The lowest BCUT2D eigenvalue weighted by Crippen LogP contribution is -2.11. The fourth-order valence-electron chi connectivity index (χ4n) is 2.41. The number of rotatable bonds is 6. The molecule has 2 rings (SSSR count).